The third-order valence-electron chi connectivity index (χ3n) is 4.82. The highest BCUT2D eigenvalue weighted by Gasteiger charge is 2.15. The predicted octanol–water partition coefficient (Wildman–Crippen LogP) is 3.49. The highest BCUT2D eigenvalue weighted by atomic mass is 32.1. The Morgan fingerprint density at radius 3 is 2.38 bits per heavy atom. The van der Waals surface area contributed by atoms with Crippen LogP contribution < -0.4 is 10.6 Å². The number of benzene rings is 1. The average Bonchev–Trinajstić information content (AvgIpc) is 2.62. The Morgan fingerprint density at radius 2 is 1.77 bits per heavy atom. The Balaban J connectivity index is 1.72. The number of nitrogens with zero attached hydrogens (tertiary/aromatic N) is 1. The van der Waals surface area contributed by atoms with E-state index >= 15 is 0 Å². The molecule has 0 aliphatic heterocycles. The molecule has 142 valence electrons. The maximum absolute atomic E-state index is 12.0. The lowest BCUT2D eigenvalue weighted by Crippen LogP contribution is -2.34. The second kappa shape index (κ2) is 10.3. The summed E-state index contributed by atoms with van der Waals surface area (Å²) < 4.78 is 0. The number of carbonyl (C=O) groups is 2. The third kappa shape index (κ3) is 7.12. The van der Waals surface area contributed by atoms with Gasteiger partial charge in [-0.1, -0.05) is 44.2 Å². The molecule has 2 amide bonds. The molecule has 1 aromatic rings. The first-order valence-electron chi connectivity index (χ1n) is 9.34. The van der Waals surface area contributed by atoms with E-state index in [0.717, 1.165) is 17.7 Å². The maximum Gasteiger partial charge on any atom is 0.226 e. The second-order valence-corrected chi connectivity index (χ2v) is 7.62. The van der Waals surface area contributed by atoms with Gasteiger partial charge in [0, 0.05) is 26.2 Å². The Labute approximate surface area is 161 Å². The van der Waals surface area contributed by atoms with Crippen molar-refractivity contribution in [2.45, 2.75) is 51.4 Å². The van der Waals surface area contributed by atoms with Crippen molar-refractivity contribution in [3.8, 4) is 0 Å². The Bertz CT molecular complexity index is 622. The molecular formula is C20H29N3O2S. The Hall–Kier alpha value is -1.95. The quantitative estimate of drug-likeness (QED) is 0.747. The topological polar surface area (TPSA) is 61.4 Å². The smallest absolute Gasteiger partial charge is 0.226 e. The molecule has 0 radical (unpaired) electrons. The van der Waals surface area contributed by atoms with Gasteiger partial charge in [0.05, 0.1) is 6.42 Å². The Morgan fingerprint density at radius 1 is 1.12 bits per heavy atom. The molecule has 0 aromatic heterocycles. The summed E-state index contributed by atoms with van der Waals surface area (Å²) >= 11 is 5.22. The zero-order chi connectivity index (χ0) is 18.9. The highest BCUT2D eigenvalue weighted by Crippen LogP contribution is 2.27. The highest BCUT2D eigenvalue weighted by molar-refractivity contribution is 7.80. The van der Waals surface area contributed by atoms with Crippen molar-refractivity contribution in [2.24, 2.45) is 5.92 Å². The number of carbonyl (C=O) groups excluding carboxylic acids is 2. The molecule has 1 saturated carbocycles. The molecule has 1 aliphatic rings. The molecule has 0 unspecified atom stereocenters. The molecule has 0 saturated heterocycles. The van der Waals surface area contributed by atoms with Crippen LogP contribution in [0, 0.1) is 5.92 Å². The number of amides is 2. The summed E-state index contributed by atoms with van der Waals surface area (Å²) in [6, 6.07) is 7.49. The minimum Gasteiger partial charge on any atom is -0.349 e. The van der Waals surface area contributed by atoms with E-state index in [-0.39, 0.29) is 11.8 Å². The number of hydrogen-bond acceptors (Lipinski definition) is 3. The van der Waals surface area contributed by atoms with Crippen LogP contribution in [-0.2, 0) is 16.0 Å². The van der Waals surface area contributed by atoms with Crippen LogP contribution in [0.25, 0.3) is 0 Å². The van der Waals surface area contributed by atoms with E-state index in [2.05, 4.69) is 10.6 Å². The molecule has 5 nitrogen and oxygen atoms in total. The molecule has 1 fully saturated rings. The second-order valence-electron chi connectivity index (χ2n) is 7.21. The number of nitrogens with one attached hydrogen (secondary N) is 2. The van der Waals surface area contributed by atoms with Gasteiger partial charge in [0.15, 0.2) is 5.11 Å². The maximum atomic E-state index is 12.0. The van der Waals surface area contributed by atoms with Crippen LogP contribution in [0.2, 0.25) is 0 Å². The van der Waals surface area contributed by atoms with Crippen LogP contribution in [0.3, 0.4) is 0 Å². The van der Waals surface area contributed by atoms with E-state index < -0.39 is 0 Å². The predicted molar refractivity (Wildman–Crippen MR) is 109 cm³/mol. The molecule has 1 aromatic carbocycles. The largest absolute Gasteiger partial charge is 0.349 e. The van der Waals surface area contributed by atoms with Crippen molar-refractivity contribution in [1.82, 2.24) is 10.2 Å². The van der Waals surface area contributed by atoms with Gasteiger partial charge in [-0.05, 0) is 42.3 Å². The van der Waals surface area contributed by atoms with Crippen LogP contribution >= 0.6 is 12.2 Å². The minimum atomic E-state index is -0.0266. The summed E-state index contributed by atoms with van der Waals surface area (Å²) in [5.74, 6) is 0.723. The van der Waals surface area contributed by atoms with Gasteiger partial charge in [-0.3, -0.25) is 9.59 Å². The van der Waals surface area contributed by atoms with Crippen LogP contribution in [-0.4, -0.2) is 35.9 Å². The summed E-state index contributed by atoms with van der Waals surface area (Å²) in [6.45, 7) is 0. The zero-order valence-electron chi connectivity index (χ0n) is 15.7. The first-order valence-corrected chi connectivity index (χ1v) is 9.75. The summed E-state index contributed by atoms with van der Waals surface area (Å²) in [7, 11) is 3.49. The van der Waals surface area contributed by atoms with Gasteiger partial charge >= 0.3 is 0 Å². The molecule has 6 heteroatoms. The third-order valence-corrected chi connectivity index (χ3v) is 5.03. The standard InChI is InChI=1S/C20H29N3O2S/c1-23(2)19(25)14-16-8-11-17(12-9-16)21-20(26)22-18(24)13-10-15-6-4-3-5-7-15/h8-9,11-12,15H,3-7,10,13-14H2,1-2H3,(H2,21,22,24,26). The molecule has 1 aliphatic carbocycles. The van der Waals surface area contributed by atoms with Crippen molar-refractivity contribution >= 4 is 34.8 Å². The van der Waals surface area contributed by atoms with E-state index in [1.807, 2.05) is 24.3 Å². The monoisotopic (exact) mass is 375 g/mol. The molecular weight excluding hydrogens is 346 g/mol. The lowest BCUT2D eigenvalue weighted by molar-refractivity contribution is -0.128. The molecule has 0 atom stereocenters. The van der Waals surface area contributed by atoms with Crippen molar-refractivity contribution in [1.29, 1.82) is 0 Å². The van der Waals surface area contributed by atoms with E-state index in [1.54, 1.807) is 19.0 Å². The summed E-state index contributed by atoms with van der Waals surface area (Å²) in [5.41, 5.74) is 1.74. The lowest BCUT2D eigenvalue weighted by Gasteiger charge is -2.21. The number of anilines is 1. The molecule has 0 heterocycles. The van der Waals surface area contributed by atoms with Gasteiger partial charge in [-0.25, -0.2) is 0 Å². The molecule has 26 heavy (non-hydrogen) atoms. The van der Waals surface area contributed by atoms with E-state index in [9.17, 15) is 9.59 Å². The van der Waals surface area contributed by atoms with Crippen LogP contribution in [0.15, 0.2) is 24.3 Å². The van der Waals surface area contributed by atoms with Gasteiger partial charge < -0.3 is 15.5 Å². The van der Waals surface area contributed by atoms with Crippen LogP contribution in [0.5, 0.6) is 0 Å². The molecule has 2 rings (SSSR count). The minimum absolute atomic E-state index is 0.0266. The molecule has 2 N–H and O–H groups in total. The normalized spacial score (nSPS) is 14.5. The summed E-state index contributed by atoms with van der Waals surface area (Å²) in [5, 5.41) is 6.08. The molecule has 0 bridgehead atoms. The average molecular weight is 376 g/mol. The van der Waals surface area contributed by atoms with Crippen molar-refractivity contribution < 1.29 is 9.59 Å². The fourth-order valence-corrected chi connectivity index (χ4v) is 3.43. The van der Waals surface area contributed by atoms with E-state index in [0.29, 0.717) is 23.9 Å². The van der Waals surface area contributed by atoms with Crippen molar-refractivity contribution in [3.05, 3.63) is 29.8 Å². The first kappa shape index (κ1) is 20.4. The van der Waals surface area contributed by atoms with Crippen LogP contribution in [0.1, 0.15) is 50.5 Å². The van der Waals surface area contributed by atoms with Gasteiger partial charge in [-0.2, -0.15) is 0 Å². The van der Waals surface area contributed by atoms with Crippen LogP contribution in [0.4, 0.5) is 5.69 Å². The first-order chi connectivity index (χ1) is 12.4. The van der Waals surface area contributed by atoms with E-state index in [1.165, 1.54) is 32.1 Å². The number of rotatable bonds is 6. The zero-order valence-corrected chi connectivity index (χ0v) is 16.5. The SMILES string of the molecule is CN(C)C(=O)Cc1ccc(NC(=S)NC(=O)CCC2CCCCC2)cc1. The summed E-state index contributed by atoms with van der Waals surface area (Å²) in [4.78, 5) is 25.3. The fourth-order valence-electron chi connectivity index (χ4n) is 3.20. The number of hydrogen-bond donors (Lipinski definition) is 2. The van der Waals surface area contributed by atoms with Crippen molar-refractivity contribution in [2.75, 3.05) is 19.4 Å². The van der Waals surface area contributed by atoms with Crippen molar-refractivity contribution in [3.63, 3.8) is 0 Å². The number of thiocarbonyl (C=S) groups is 1. The van der Waals surface area contributed by atoms with E-state index in [4.69, 9.17) is 12.2 Å². The van der Waals surface area contributed by atoms with Gasteiger partial charge in [0.2, 0.25) is 11.8 Å². The number of likely N-dealkylation sites (N-methyl/N-ethyl adjacent to an activating group) is 1. The lowest BCUT2D eigenvalue weighted by atomic mass is 9.86. The van der Waals surface area contributed by atoms with Gasteiger partial charge in [0.1, 0.15) is 0 Å². The Kier molecular flexibility index (Phi) is 8.04. The summed E-state index contributed by atoms with van der Waals surface area (Å²) in [6.07, 6.45) is 8.26. The molecule has 0 spiro atoms. The van der Waals surface area contributed by atoms with Gasteiger partial charge in [0.25, 0.3) is 0 Å². The fraction of sp³-hybridized carbons (Fsp3) is 0.550. The van der Waals surface area contributed by atoms with Gasteiger partial charge in [-0.15, -0.1) is 0 Å².